The number of pyridine rings is 2. The number of hydrogen-bond donors (Lipinski definition) is 2. The van der Waals surface area contributed by atoms with Gasteiger partial charge in [0.25, 0.3) is 0 Å². The van der Waals surface area contributed by atoms with Gasteiger partial charge in [0.15, 0.2) is 0 Å². The van der Waals surface area contributed by atoms with Crippen molar-refractivity contribution in [2.45, 2.75) is 19.5 Å². The molecule has 0 aromatic carbocycles. The zero-order valence-corrected chi connectivity index (χ0v) is 16.8. The van der Waals surface area contributed by atoms with Gasteiger partial charge in [0, 0.05) is 64.1 Å². The summed E-state index contributed by atoms with van der Waals surface area (Å²) in [5.74, 6) is -1.27. The van der Waals surface area contributed by atoms with Crippen LogP contribution in [-0.4, -0.2) is 70.9 Å². The molecule has 3 heterocycles. The van der Waals surface area contributed by atoms with E-state index in [1.807, 2.05) is 24.4 Å². The van der Waals surface area contributed by atoms with Crippen molar-refractivity contribution in [3.63, 3.8) is 0 Å². The summed E-state index contributed by atoms with van der Waals surface area (Å²) in [5, 5.41) is 5.42. The molecule has 0 aliphatic carbocycles. The molecular formula is C21H28N6O2. The van der Waals surface area contributed by atoms with Crippen LogP contribution in [0, 0.1) is 0 Å². The number of carbonyl (C=O) groups is 2. The molecule has 8 nitrogen and oxygen atoms in total. The highest BCUT2D eigenvalue weighted by atomic mass is 16.2. The molecule has 0 spiro atoms. The first-order chi connectivity index (χ1) is 14.2. The van der Waals surface area contributed by atoms with Crippen LogP contribution < -0.4 is 10.6 Å². The highest BCUT2D eigenvalue weighted by Crippen LogP contribution is 2.21. The van der Waals surface area contributed by atoms with E-state index in [0.29, 0.717) is 6.54 Å². The van der Waals surface area contributed by atoms with Crippen LogP contribution >= 0.6 is 0 Å². The Morgan fingerprint density at radius 2 is 1.69 bits per heavy atom. The highest BCUT2D eigenvalue weighted by molar-refractivity contribution is 6.35. The van der Waals surface area contributed by atoms with Gasteiger partial charge in [-0.1, -0.05) is 19.1 Å². The fraction of sp³-hybridized carbons (Fsp3) is 0.429. The summed E-state index contributed by atoms with van der Waals surface area (Å²) < 4.78 is 0. The molecule has 1 aliphatic heterocycles. The fourth-order valence-corrected chi connectivity index (χ4v) is 3.46. The standard InChI is InChI=1S/C21H28N6O2/c1-2-26-9-11-27(12-10-26)19(18-6-4-8-23-15-18)16-25-21(29)20(28)24-14-17-5-3-7-22-13-17/h3-8,13,15,19H,2,9-12,14,16H2,1H3,(H,24,28)(H,25,29)/t19-/m1/s1. The van der Waals surface area contributed by atoms with Gasteiger partial charge in [0.1, 0.15) is 0 Å². The summed E-state index contributed by atoms with van der Waals surface area (Å²) >= 11 is 0. The largest absolute Gasteiger partial charge is 0.346 e. The summed E-state index contributed by atoms with van der Waals surface area (Å²) in [4.78, 5) is 37.4. The molecule has 3 rings (SSSR count). The van der Waals surface area contributed by atoms with Gasteiger partial charge in [-0.2, -0.15) is 0 Å². The molecule has 0 unspecified atom stereocenters. The molecule has 0 saturated carbocycles. The third-order valence-electron chi connectivity index (χ3n) is 5.20. The van der Waals surface area contributed by atoms with Crippen molar-refractivity contribution in [2.24, 2.45) is 0 Å². The van der Waals surface area contributed by atoms with Crippen LogP contribution in [0.15, 0.2) is 49.1 Å². The highest BCUT2D eigenvalue weighted by Gasteiger charge is 2.26. The van der Waals surface area contributed by atoms with Crippen molar-refractivity contribution in [1.82, 2.24) is 30.4 Å². The van der Waals surface area contributed by atoms with Gasteiger partial charge in [-0.05, 0) is 29.8 Å². The summed E-state index contributed by atoms with van der Waals surface area (Å²) in [6.07, 6.45) is 6.88. The van der Waals surface area contributed by atoms with E-state index in [1.54, 1.807) is 24.7 Å². The fourth-order valence-electron chi connectivity index (χ4n) is 3.46. The molecule has 154 valence electrons. The number of amides is 2. The predicted octanol–water partition coefficient (Wildman–Crippen LogP) is 0.588. The molecule has 1 saturated heterocycles. The zero-order chi connectivity index (χ0) is 20.5. The Balaban J connectivity index is 1.56. The molecule has 2 aromatic rings. The second-order valence-corrected chi connectivity index (χ2v) is 7.03. The van der Waals surface area contributed by atoms with E-state index in [1.165, 1.54) is 0 Å². The van der Waals surface area contributed by atoms with Crippen LogP contribution in [-0.2, 0) is 16.1 Å². The van der Waals surface area contributed by atoms with Gasteiger partial charge < -0.3 is 15.5 Å². The van der Waals surface area contributed by atoms with Crippen molar-refractivity contribution < 1.29 is 9.59 Å². The van der Waals surface area contributed by atoms with Crippen LogP contribution in [0.2, 0.25) is 0 Å². The predicted molar refractivity (Wildman–Crippen MR) is 110 cm³/mol. The van der Waals surface area contributed by atoms with E-state index < -0.39 is 11.8 Å². The van der Waals surface area contributed by atoms with Gasteiger partial charge in [-0.25, -0.2) is 0 Å². The van der Waals surface area contributed by atoms with Crippen molar-refractivity contribution in [3.05, 3.63) is 60.2 Å². The lowest BCUT2D eigenvalue weighted by atomic mass is 10.1. The molecule has 2 N–H and O–H groups in total. The summed E-state index contributed by atoms with van der Waals surface area (Å²) in [5.41, 5.74) is 1.88. The number of piperazine rings is 1. The Bertz CT molecular complexity index is 778. The SMILES string of the molecule is CCN1CCN([C@H](CNC(=O)C(=O)NCc2cccnc2)c2cccnc2)CC1. The Morgan fingerprint density at radius 1 is 1.00 bits per heavy atom. The monoisotopic (exact) mass is 396 g/mol. The molecular weight excluding hydrogens is 368 g/mol. The molecule has 1 aliphatic rings. The van der Waals surface area contributed by atoms with Gasteiger partial charge in [-0.15, -0.1) is 0 Å². The lowest BCUT2D eigenvalue weighted by Crippen LogP contribution is -2.50. The minimum atomic E-state index is -0.644. The summed E-state index contributed by atoms with van der Waals surface area (Å²) in [7, 11) is 0. The first-order valence-electron chi connectivity index (χ1n) is 9.98. The lowest BCUT2D eigenvalue weighted by Gasteiger charge is -2.39. The Kier molecular flexibility index (Phi) is 7.66. The van der Waals surface area contributed by atoms with Crippen LogP contribution in [0.1, 0.15) is 24.1 Å². The average molecular weight is 396 g/mol. The van der Waals surface area contributed by atoms with Gasteiger partial charge in [-0.3, -0.25) is 24.5 Å². The first kappa shape index (κ1) is 20.9. The van der Waals surface area contributed by atoms with Crippen molar-refractivity contribution >= 4 is 11.8 Å². The zero-order valence-electron chi connectivity index (χ0n) is 16.8. The van der Waals surface area contributed by atoms with E-state index >= 15 is 0 Å². The maximum atomic E-state index is 12.3. The number of rotatable bonds is 7. The van der Waals surface area contributed by atoms with Crippen LogP contribution in [0.25, 0.3) is 0 Å². The minimum Gasteiger partial charge on any atom is -0.346 e. The maximum absolute atomic E-state index is 12.3. The summed E-state index contributed by atoms with van der Waals surface area (Å²) in [6, 6.07) is 7.53. The van der Waals surface area contributed by atoms with Crippen LogP contribution in [0.5, 0.6) is 0 Å². The Hall–Kier alpha value is -2.84. The number of hydrogen-bond acceptors (Lipinski definition) is 6. The number of likely N-dealkylation sites (N-methyl/N-ethyl adjacent to an activating group) is 1. The quantitative estimate of drug-likeness (QED) is 0.666. The second-order valence-electron chi connectivity index (χ2n) is 7.03. The van der Waals surface area contributed by atoms with E-state index in [9.17, 15) is 9.59 Å². The molecule has 8 heteroatoms. The van der Waals surface area contributed by atoms with Gasteiger partial charge in [0.05, 0.1) is 6.04 Å². The molecule has 0 bridgehead atoms. The van der Waals surface area contributed by atoms with E-state index in [4.69, 9.17) is 0 Å². The first-order valence-corrected chi connectivity index (χ1v) is 9.98. The van der Waals surface area contributed by atoms with E-state index in [2.05, 4.69) is 37.3 Å². The van der Waals surface area contributed by atoms with Crippen LogP contribution in [0.4, 0.5) is 0 Å². The molecule has 0 radical (unpaired) electrons. The maximum Gasteiger partial charge on any atom is 0.309 e. The number of nitrogens with one attached hydrogen (secondary N) is 2. The molecule has 1 atom stereocenters. The average Bonchev–Trinajstić information content (AvgIpc) is 2.79. The normalized spacial score (nSPS) is 16.2. The van der Waals surface area contributed by atoms with Crippen molar-refractivity contribution in [1.29, 1.82) is 0 Å². The van der Waals surface area contributed by atoms with E-state index in [-0.39, 0.29) is 12.6 Å². The van der Waals surface area contributed by atoms with Crippen LogP contribution in [0.3, 0.4) is 0 Å². The third-order valence-corrected chi connectivity index (χ3v) is 5.20. The summed E-state index contributed by atoms with van der Waals surface area (Å²) in [6.45, 7) is 7.65. The van der Waals surface area contributed by atoms with Gasteiger partial charge >= 0.3 is 11.8 Å². The lowest BCUT2D eigenvalue weighted by molar-refractivity contribution is -0.139. The van der Waals surface area contributed by atoms with Crippen molar-refractivity contribution in [3.8, 4) is 0 Å². The molecule has 2 amide bonds. The van der Waals surface area contributed by atoms with Crippen molar-refractivity contribution in [2.75, 3.05) is 39.3 Å². The topological polar surface area (TPSA) is 90.5 Å². The molecule has 29 heavy (non-hydrogen) atoms. The third kappa shape index (κ3) is 6.07. The van der Waals surface area contributed by atoms with Gasteiger partial charge in [0.2, 0.25) is 0 Å². The smallest absolute Gasteiger partial charge is 0.309 e. The number of nitrogens with zero attached hydrogens (tertiary/aromatic N) is 4. The second kappa shape index (κ2) is 10.6. The Morgan fingerprint density at radius 3 is 2.31 bits per heavy atom. The molecule has 1 fully saturated rings. The Labute approximate surface area is 171 Å². The molecule has 2 aromatic heterocycles. The number of aromatic nitrogens is 2. The van der Waals surface area contributed by atoms with E-state index in [0.717, 1.165) is 43.9 Å². The number of carbonyl (C=O) groups excluding carboxylic acids is 2. The minimum absolute atomic E-state index is 0.0159.